The Labute approximate surface area is 122 Å². The topological polar surface area (TPSA) is 52.3 Å². The third-order valence-electron chi connectivity index (χ3n) is 2.59. The molecule has 3 nitrogen and oxygen atoms in total. The summed E-state index contributed by atoms with van der Waals surface area (Å²) >= 11 is 3.07. The molecule has 0 unspecified atom stereocenters. The Hall–Kier alpha value is -1.95. The van der Waals surface area contributed by atoms with Crippen LogP contribution in [0.4, 0.5) is 14.5 Å². The molecule has 20 heavy (non-hydrogen) atoms. The van der Waals surface area contributed by atoms with E-state index in [1.165, 1.54) is 30.3 Å². The average molecular weight is 342 g/mol. The van der Waals surface area contributed by atoms with E-state index in [4.69, 9.17) is 10.5 Å². The number of rotatable bonds is 3. The van der Waals surface area contributed by atoms with E-state index in [0.29, 0.717) is 5.56 Å². The lowest BCUT2D eigenvalue weighted by atomic mass is 10.2. The van der Waals surface area contributed by atoms with Gasteiger partial charge in [0.05, 0.1) is 11.3 Å². The van der Waals surface area contributed by atoms with Crippen molar-refractivity contribution in [3.63, 3.8) is 0 Å². The van der Waals surface area contributed by atoms with Crippen LogP contribution in [0.1, 0.15) is 15.9 Å². The highest BCUT2D eigenvalue weighted by atomic mass is 79.9. The van der Waals surface area contributed by atoms with Crippen LogP contribution < -0.4 is 5.73 Å². The van der Waals surface area contributed by atoms with Crippen molar-refractivity contribution in [2.75, 3.05) is 5.73 Å². The fraction of sp³-hybridized carbons (Fsp3) is 0.0714. The first kappa shape index (κ1) is 14.5. The Morgan fingerprint density at radius 3 is 2.50 bits per heavy atom. The normalized spacial score (nSPS) is 10.3. The maximum Gasteiger partial charge on any atom is 0.339 e. The van der Waals surface area contributed by atoms with E-state index in [1.54, 1.807) is 0 Å². The Morgan fingerprint density at radius 2 is 1.85 bits per heavy atom. The van der Waals surface area contributed by atoms with Crippen LogP contribution >= 0.6 is 15.9 Å². The molecule has 0 atom stereocenters. The first-order valence-electron chi connectivity index (χ1n) is 5.63. The Balaban J connectivity index is 2.09. The zero-order valence-electron chi connectivity index (χ0n) is 10.2. The molecule has 0 bridgehead atoms. The summed E-state index contributed by atoms with van der Waals surface area (Å²) in [5.41, 5.74) is 6.04. The largest absolute Gasteiger partial charge is 0.457 e. The second kappa shape index (κ2) is 6.00. The molecule has 0 amide bonds. The maximum absolute atomic E-state index is 13.2. The molecule has 0 aromatic heterocycles. The van der Waals surface area contributed by atoms with E-state index in [0.717, 1.165) is 6.07 Å². The van der Waals surface area contributed by atoms with Gasteiger partial charge in [-0.1, -0.05) is 12.1 Å². The third-order valence-corrected chi connectivity index (χ3v) is 3.25. The molecule has 0 heterocycles. The molecule has 2 rings (SSSR count). The van der Waals surface area contributed by atoms with Gasteiger partial charge in [-0.15, -0.1) is 0 Å². The highest BCUT2D eigenvalue weighted by Gasteiger charge is 2.14. The molecule has 0 aliphatic carbocycles. The van der Waals surface area contributed by atoms with E-state index in [-0.39, 0.29) is 28.1 Å². The first-order valence-corrected chi connectivity index (χ1v) is 6.43. The highest BCUT2D eigenvalue weighted by molar-refractivity contribution is 9.10. The fourth-order valence-electron chi connectivity index (χ4n) is 1.53. The van der Waals surface area contributed by atoms with Gasteiger partial charge in [0.1, 0.15) is 18.2 Å². The van der Waals surface area contributed by atoms with E-state index in [2.05, 4.69) is 15.9 Å². The minimum absolute atomic E-state index is 0.0111. The van der Waals surface area contributed by atoms with Gasteiger partial charge in [-0.2, -0.15) is 0 Å². The third kappa shape index (κ3) is 3.33. The van der Waals surface area contributed by atoms with E-state index in [9.17, 15) is 13.6 Å². The van der Waals surface area contributed by atoms with Gasteiger partial charge in [0.2, 0.25) is 0 Å². The second-order valence-corrected chi connectivity index (χ2v) is 4.91. The van der Waals surface area contributed by atoms with Crippen LogP contribution in [-0.4, -0.2) is 5.97 Å². The number of carbonyl (C=O) groups is 1. The van der Waals surface area contributed by atoms with Gasteiger partial charge in [0.25, 0.3) is 0 Å². The summed E-state index contributed by atoms with van der Waals surface area (Å²) in [6.07, 6.45) is 0. The molecule has 0 aliphatic heterocycles. The van der Waals surface area contributed by atoms with Gasteiger partial charge in [-0.25, -0.2) is 13.6 Å². The van der Waals surface area contributed by atoms with Crippen molar-refractivity contribution in [1.29, 1.82) is 0 Å². The number of benzene rings is 2. The Bertz CT molecular complexity index is 644. The number of carbonyl (C=O) groups excluding carboxylic acids is 1. The van der Waals surface area contributed by atoms with Crippen LogP contribution in [0, 0.1) is 11.6 Å². The number of anilines is 1. The van der Waals surface area contributed by atoms with Crippen LogP contribution in [0.5, 0.6) is 0 Å². The zero-order chi connectivity index (χ0) is 14.7. The summed E-state index contributed by atoms with van der Waals surface area (Å²) in [6, 6.07) is 7.87. The summed E-state index contributed by atoms with van der Waals surface area (Å²) in [5, 5.41) is 0. The molecule has 2 aromatic rings. The van der Waals surface area contributed by atoms with Crippen LogP contribution in [0.15, 0.2) is 40.9 Å². The number of ether oxygens (including phenoxy) is 1. The lowest BCUT2D eigenvalue weighted by Gasteiger charge is -2.08. The van der Waals surface area contributed by atoms with Gasteiger partial charge in [-0.3, -0.25) is 0 Å². The number of esters is 1. The van der Waals surface area contributed by atoms with Crippen molar-refractivity contribution >= 4 is 27.6 Å². The predicted molar refractivity (Wildman–Crippen MR) is 74.0 cm³/mol. The molecule has 2 aromatic carbocycles. The summed E-state index contributed by atoms with van der Waals surface area (Å²) in [7, 11) is 0. The lowest BCUT2D eigenvalue weighted by molar-refractivity contribution is 0.0471. The summed E-state index contributed by atoms with van der Waals surface area (Å²) in [6.45, 7) is -0.0111. The van der Waals surface area contributed by atoms with Gasteiger partial charge in [0, 0.05) is 4.47 Å². The predicted octanol–water partition coefficient (Wildman–Crippen LogP) is 3.67. The van der Waals surface area contributed by atoms with E-state index >= 15 is 0 Å². The monoisotopic (exact) mass is 341 g/mol. The fourth-order valence-corrected chi connectivity index (χ4v) is 2.01. The van der Waals surface area contributed by atoms with Crippen molar-refractivity contribution in [3.8, 4) is 0 Å². The van der Waals surface area contributed by atoms with Gasteiger partial charge in [-0.05, 0) is 45.8 Å². The maximum atomic E-state index is 13.2. The summed E-state index contributed by atoms with van der Waals surface area (Å²) in [4.78, 5) is 11.9. The smallest absolute Gasteiger partial charge is 0.339 e. The van der Waals surface area contributed by atoms with Crippen molar-refractivity contribution in [1.82, 2.24) is 0 Å². The molecule has 0 saturated carbocycles. The van der Waals surface area contributed by atoms with Crippen molar-refractivity contribution < 1.29 is 18.3 Å². The minimum atomic E-state index is -0.645. The molecule has 2 N–H and O–H groups in total. The quantitative estimate of drug-likeness (QED) is 0.684. The molecule has 6 heteroatoms. The molecular weight excluding hydrogens is 332 g/mol. The average Bonchev–Trinajstić information content (AvgIpc) is 2.42. The molecule has 0 aliphatic rings. The van der Waals surface area contributed by atoms with Crippen LogP contribution in [0.2, 0.25) is 0 Å². The number of halogens is 3. The summed E-state index contributed by atoms with van der Waals surface area (Å²) < 4.78 is 31.2. The zero-order valence-corrected chi connectivity index (χ0v) is 11.8. The number of hydrogen-bond acceptors (Lipinski definition) is 3. The SMILES string of the molecule is Nc1cc(C(=O)OCc2ccc(F)cc2)c(Br)cc1F. The van der Waals surface area contributed by atoms with E-state index < -0.39 is 11.8 Å². The van der Waals surface area contributed by atoms with Gasteiger partial charge in [0.15, 0.2) is 0 Å². The standard InChI is InChI=1S/C14H10BrF2NO2/c15-11-6-12(17)13(18)5-10(11)14(19)20-7-8-1-3-9(16)4-2-8/h1-6H,7,18H2. The van der Waals surface area contributed by atoms with Crippen LogP contribution in [0.25, 0.3) is 0 Å². The van der Waals surface area contributed by atoms with Crippen molar-refractivity contribution in [3.05, 3.63) is 63.6 Å². The van der Waals surface area contributed by atoms with Crippen molar-refractivity contribution in [2.45, 2.75) is 6.61 Å². The summed E-state index contributed by atoms with van der Waals surface area (Å²) in [5.74, 6) is -1.63. The van der Waals surface area contributed by atoms with Gasteiger partial charge >= 0.3 is 5.97 Å². The molecule has 0 radical (unpaired) electrons. The Morgan fingerprint density at radius 1 is 1.20 bits per heavy atom. The molecule has 0 fully saturated rings. The number of hydrogen-bond donors (Lipinski definition) is 1. The first-order chi connectivity index (χ1) is 9.47. The van der Waals surface area contributed by atoms with Crippen LogP contribution in [-0.2, 0) is 11.3 Å². The minimum Gasteiger partial charge on any atom is -0.457 e. The Kier molecular flexibility index (Phi) is 4.34. The van der Waals surface area contributed by atoms with Crippen molar-refractivity contribution in [2.24, 2.45) is 0 Å². The van der Waals surface area contributed by atoms with Crippen LogP contribution in [0.3, 0.4) is 0 Å². The van der Waals surface area contributed by atoms with E-state index in [1.807, 2.05) is 0 Å². The molecule has 0 spiro atoms. The highest BCUT2D eigenvalue weighted by Crippen LogP contribution is 2.23. The second-order valence-electron chi connectivity index (χ2n) is 4.06. The number of nitrogens with two attached hydrogens (primary N) is 1. The molecular formula is C14H10BrF2NO2. The molecule has 104 valence electrons. The molecule has 0 saturated heterocycles. The lowest BCUT2D eigenvalue weighted by Crippen LogP contribution is -2.07. The number of nitrogen functional groups attached to an aromatic ring is 1. The van der Waals surface area contributed by atoms with Gasteiger partial charge < -0.3 is 10.5 Å².